The van der Waals surface area contributed by atoms with Crippen molar-refractivity contribution in [3.05, 3.63) is 52.0 Å². The van der Waals surface area contributed by atoms with Crippen LogP contribution in [0, 0.1) is 0 Å². The predicted molar refractivity (Wildman–Crippen MR) is 73.7 cm³/mol. The normalized spacial score (nSPS) is 10.5. The number of nitrogens with zero attached hydrogens (tertiary/aromatic N) is 2. The third-order valence-corrected chi connectivity index (χ3v) is 3.21. The maximum atomic E-state index is 11.5. The first-order chi connectivity index (χ1) is 9.10. The maximum Gasteiger partial charge on any atom is 0.358 e. The molecular formula is C13H12Cl2N2O2. The van der Waals surface area contributed by atoms with Gasteiger partial charge in [-0.25, -0.2) is 9.78 Å². The van der Waals surface area contributed by atoms with Crippen molar-refractivity contribution >= 4 is 29.2 Å². The first-order valence-corrected chi connectivity index (χ1v) is 6.48. The molecule has 0 bridgehead atoms. The SMILES string of the molecule is CCOC(=O)c1cn(Cc2ccc(Cl)c(Cl)c2)cn1. The number of hydrogen-bond donors (Lipinski definition) is 0. The molecule has 1 heterocycles. The third kappa shape index (κ3) is 3.49. The minimum absolute atomic E-state index is 0.293. The Balaban J connectivity index is 2.11. The van der Waals surface area contributed by atoms with Gasteiger partial charge in [-0.1, -0.05) is 29.3 Å². The minimum Gasteiger partial charge on any atom is -0.461 e. The van der Waals surface area contributed by atoms with Crippen molar-refractivity contribution in [3.8, 4) is 0 Å². The highest BCUT2D eigenvalue weighted by atomic mass is 35.5. The molecule has 0 unspecified atom stereocenters. The van der Waals surface area contributed by atoms with Crippen LogP contribution in [-0.2, 0) is 11.3 Å². The summed E-state index contributed by atoms with van der Waals surface area (Å²) in [6, 6.07) is 5.40. The minimum atomic E-state index is -0.421. The summed E-state index contributed by atoms with van der Waals surface area (Å²) in [7, 11) is 0. The molecule has 19 heavy (non-hydrogen) atoms. The van der Waals surface area contributed by atoms with Gasteiger partial charge in [-0.2, -0.15) is 0 Å². The standard InChI is InChI=1S/C13H12Cl2N2O2/c1-2-19-13(18)12-7-17(8-16-12)6-9-3-4-10(14)11(15)5-9/h3-5,7-8H,2,6H2,1H3. The van der Waals surface area contributed by atoms with Gasteiger partial charge >= 0.3 is 5.97 Å². The van der Waals surface area contributed by atoms with Crippen LogP contribution in [-0.4, -0.2) is 22.1 Å². The Kier molecular flexibility index (Phi) is 4.45. The summed E-state index contributed by atoms with van der Waals surface area (Å²) in [5.41, 5.74) is 1.27. The number of carbonyl (C=O) groups is 1. The molecule has 0 aliphatic carbocycles. The van der Waals surface area contributed by atoms with Gasteiger partial charge in [0.1, 0.15) is 0 Å². The molecule has 2 rings (SSSR count). The van der Waals surface area contributed by atoms with Crippen molar-refractivity contribution < 1.29 is 9.53 Å². The highest BCUT2D eigenvalue weighted by Crippen LogP contribution is 2.23. The first kappa shape index (κ1) is 13.9. The molecule has 0 aliphatic heterocycles. The molecule has 0 fully saturated rings. The lowest BCUT2D eigenvalue weighted by atomic mass is 10.2. The lowest BCUT2D eigenvalue weighted by Gasteiger charge is -2.04. The van der Waals surface area contributed by atoms with E-state index in [0.717, 1.165) is 5.56 Å². The van der Waals surface area contributed by atoms with Crippen molar-refractivity contribution in [1.29, 1.82) is 0 Å². The number of rotatable bonds is 4. The first-order valence-electron chi connectivity index (χ1n) is 5.73. The molecular weight excluding hydrogens is 287 g/mol. The zero-order chi connectivity index (χ0) is 13.8. The smallest absolute Gasteiger partial charge is 0.358 e. The molecule has 0 N–H and O–H groups in total. The molecule has 0 radical (unpaired) electrons. The fourth-order valence-electron chi connectivity index (χ4n) is 1.61. The lowest BCUT2D eigenvalue weighted by Crippen LogP contribution is -2.05. The fourth-order valence-corrected chi connectivity index (χ4v) is 1.93. The number of aromatic nitrogens is 2. The molecule has 100 valence electrons. The second-order valence-corrected chi connectivity index (χ2v) is 4.71. The van der Waals surface area contributed by atoms with Gasteiger partial charge in [-0.3, -0.25) is 0 Å². The summed E-state index contributed by atoms with van der Waals surface area (Å²) < 4.78 is 6.66. The summed E-state index contributed by atoms with van der Waals surface area (Å²) >= 11 is 11.8. The number of carbonyl (C=O) groups excluding carboxylic acids is 1. The van der Waals surface area contributed by atoms with Crippen LogP contribution >= 0.6 is 23.2 Å². The predicted octanol–water partition coefficient (Wildman–Crippen LogP) is 3.41. The molecule has 1 aromatic carbocycles. The highest BCUT2D eigenvalue weighted by molar-refractivity contribution is 6.42. The van der Waals surface area contributed by atoms with E-state index in [1.165, 1.54) is 0 Å². The summed E-state index contributed by atoms with van der Waals surface area (Å²) in [6.45, 7) is 2.65. The second kappa shape index (κ2) is 6.08. The zero-order valence-electron chi connectivity index (χ0n) is 10.3. The topological polar surface area (TPSA) is 44.1 Å². The van der Waals surface area contributed by atoms with Crippen LogP contribution in [0.5, 0.6) is 0 Å². The van der Waals surface area contributed by atoms with E-state index in [2.05, 4.69) is 4.98 Å². The van der Waals surface area contributed by atoms with Gasteiger partial charge in [-0.05, 0) is 24.6 Å². The van der Waals surface area contributed by atoms with Gasteiger partial charge < -0.3 is 9.30 Å². The average Bonchev–Trinajstić information content (AvgIpc) is 2.83. The van der Waals surface area contributed by atoms with Gasteiger partial charge in [0.05, 0.1) is 23.0 Å². The third-order valence-electron chi connectivity index (χ3n) is 2.47. The van der Waals surface area contributed by atoms with E-state index in [-0.39, 0.29) is 0 Å². The van der Waals surface area contributed by atoms with Gasteiger partial charge in [0.25, 0.3) is 0 Å². The van der Waals surface area contributed by atoms with E-state index >= 15 is 0 Å². The van der Waals surface area contributed by atoms with E-state index in [1.807, 2.05) is 6.07 Å². The Morgan fingerprint density at radius 1 is 1.37 bits per heavy atom. The molecule has 0 atom stereocenters. The Bertz CT molecular complexity index is 596. The molecule has 6 heteroatoms. The summed E-state index contributed by atoms with van der Waals surface area (Å²) in [5, 5.41) is 1.02. The quantitative estimate of drug-likeness (QED) is 0.813. The molecule has 2 aromatic rings. The molecule has 0 aliphatic rings. The number of imidazole rings is 1. The van der Waals surface area contributed by atoms with E-state index in [0.29, 0.717) is 28.9 Å². The number of benzene rings is 1. The van der Waals surface area contributed by atoms with Gasteiger partial charge in [0, 0.05) is 12.7 Å². The second-order valence-electron chi connectivity index (χ2n) is 3.90. The van der Waals surface area contributed by atoms with Crippen LogP contribution in [0.15, 0.2) is 30.7 Å². The number of halogens is 2. The van der Waals surface area contributed by atoms with Crippen molar-refractivity contribution in [2.45, 2.75) is 13.5 Å². The van der Waals surface area contributed by atoms with Crippen LogP contribution in [0.2, 0.25) is 10.0 Å². The molecule has 0 saturated heterocycles. The summed E-state index contributed by atoms with van der Waals surface area (Å²) in [4.78, 5) is 15.5. The Labute approximate surface area is 120 Å². The van der Waals surface area contributed by atoms with Crippen molar-refractivity contribution in [2.75, 3.05) is 6.61 Å². The van der Waals surface area contributed by atoms with Crippen LogP contribution in [0.4, 0.5) is 0 Å². The van der Waals surface area contributed by atoms with Crippen LogP contribution in [0.1, 0.15) is 23.0 Å². The Morgan fingerprint density at radius 2 is 2.16 bits per heavy atom. The Morgan fingerprint density at radius 3 is 2.84 bits per heavy atom. The molecule has 1 aromatic heterocycles. The van der Waals surface area contributed by atoms with Crippen molar-refractivity contribution in [3.63, 3.8) is 0 Å². The lowest BCUT2D eigenvalue weighted by molar-refractivity contribution is 0.0520. The van der Waals surface area contributed by atoms with Crippen LogP contribution in [0.3, 0.4) is 0 Å². The average molecular weight is 299 g/mol. The summed E-state index contributed by atoms with van der Waals surface area (Å²) in [6.07, 6.45) is 3.22. The monoisotopic (exact) mass is 298 g/mol. The highest BCUT2D eigenvalue weighted by Gasteiger charge is 2.10. The number of ether oxygens (including phenoxy) is 1. The molecule has 4 nitrogen and oxygen atoms in total. The van der Waals surface area contributed by atoms with Gasteiger partial charge in [-0.15, -0.1) is 0 Å². The van der Waals surface area contributed by atoms with Crippen LogP contribution in [0.25, 0.3) is 0 Å². The number of esters is 1. The fraction of sp³-hybridized carbons (Fsp3) is 0.231. The van der Waals surface area contributed by atoms with E-state index in [1.54, 1.807) is 36.1 Å². The van der Waals surface area contributed by atoms with E-state index in [9.17, 15) is 4.79 Å². The molecule has 0 spiro atoms. The van der Waals surface area contributed by atoms with Gasteiger partial charge in [0.2, 0.25) is 0 Å². The van der Waals surface area contributed by atoms with Crippen molar-refractivity contribution in [1.82, 2.24) is 9.55 Å². The van der Waals surface area contributed by atoms with Crippen LogP contribution < -0.4 is 0 Å². The van der Waals surface area contributed by atoms with E-state index < -0.39 is 5.97 Å². The molecule has 0 amide bonds. The Hall–Kier alpha value is -1.52. The number of hydrogen-bond acceptors (Lipinski definition) is 3. The van der Waals surface area contributed by atoms with E-state index in [4.69, 9.17) is 27.9 Å². The summed E-state index contributed by atoms with van der Waals surface area (Å²) in [5.74, 6) is -0.421. The molecule has 0 saturated carbocycles. The van der Waals surface area contributed by atoms with Crippen molar-refractivity contribution in [2.24, 2.45) is 0 Å². The maximum absolute atomic E-state index is 11.5. The van der Waals surface area contributed by atoms with Gasteiger partial charge in [0.15, 0.2) is 5.69 Å². The largest absolute Gasteiger partial charge is 0.461 e. The zero-order valence-corrected chi connectivity index (χ0v) is 11.8.